The monoisotopic (exact) mass is 412 g/mol. The summed E-state index contributed by atoms with van der Waals surface area (Å²) in [6.07, 6.45) is 17.8. The van der Waals surface area contributed by atoms with Crippen LogP contribution in [0.4, 0.5) is 0 Å². The van der Waals surface area contributed by atoms with E-state index >= 15 is 0 Å². The summed E-state index contributed by atoms with van der Waals surface area (Å²) < 4.78 is 0. The summed E-state index contributed by atoms with van der Waals surface area (Å²) in [4.78, 5) is 0. The third kappa shape index (κ3) is 3.66. The van der Waals surface area contributed by atoms with Gasteiger partial charge in [-0.2, -0.15) is 0 Å². The van der Waals surface area contributed by atoms with Gasteiger partial charge in [0.25, 0.3) is 0 Å². The second kappa shape index (κ2) is 8.42. The highest BCUT2D eigenvalue weighted by molar-refractivity contribution is 5.39. The molecule has 0 spiro atoms. The maximum absolute atomic E-state index is 10.2. The number of rotatable bonds is 6. The third-order valence-electron chi connectivity index (χ3n) is 10.7. The highest BCUT2D eigenvalue weighted by Crippen LogP contribution is 2.65. The summed E-state index contributed by atoms with van der Waals surface area (Å²) in [5.74, 6) is 5.13. The third-order valence-corrected chi connectivity index (χ3v) is 10.7. The Morgan fingerprint density at radius 2 is 1.83 bits per heavy atom. The molecule has 170 valence electrons. The lowest BCUT2D eigenvalue weighted by atomic mass is 9.51. The molecule has 0 aromatic carbocycles. The van der Waals surface area contributed by atoms with Crippen molar-refractivity contribution < 1.29 is 5.11 Å². The number of allylic oxidation sites excluding steroid dienone is 3. The minimum absolute atomic E-state index is 0.107. The van der Waals surface area contributed by atoms with Crippen molar-refractivity contribution in [3.05, 3.63) is 23.3 Å². The van der Waals surface area contributed by atoms with Crippen molar-refractivity contribution in [3.8, 4) is 0 Å². The first-order valence-electron chi connectivity index (χ1n) is 13.3. The molecule has 0 aliphatic heterocycles. The molecule has 2 fully saturated rings. The molecule has 0 radical (unpaired) electrons. The van der Waals surface area contributed by atoms with Gasteiger partial charge in [0.1, 0.15) is 0 Å². The van der Waals surface area contributed by atoms with Crippen LogP contribution in [0, 0.1) is 46.3 Å². The summed E-state index contributed by atoms with van der Waals surface area (Å²) in [5, 5.41) is 10.2. The van der Waals surface area contributed by atoms with Gasteiger partial charge in [0, 0.05) is 5.41 Å². The van der Waals surface area contributed by atoms with Crippen LogP contribution in [-0.2, 0) is 0 Å². The summed E-state index contributed by atoms with van der Waals surface area (Å²) >= 11 is 0. The molecular weight excluding hydrogens is 364 g/mol. The zero-order chi connectivity index (χ0) is 21.7. The first kappa shape index (κ1) is 22.6. The van der Waals surface area contributed by atoms with Gasteiger partial charge in [-0.1, -0.05) is 77.7 Å². The van der Waals surface area contributed by atoms with E-state index in [1.165, 1.54) is 44.9 Å². The predicted molar refractivity (Wildman–Crippen MR) is 128 cm³/mol. The van der Waals surface area contributed by atoms with Crippen LogP contribution in [0.2, 0.25) is 0 Å². The molecule has 0 bridgehead atoms. The largest absolute Gasteiger partial charge is 0.393 e. The summed E-state index contributed by atoms with van der Waals surface area (Å²) in [7, 11) is 0. The average molecular weight is 413 g/mol. The highest BCUT2D eigenvalue weighted by atomic mass is 16.3. The number of fused-ring (bicyclic) bond motifs is 5. The molecule has 2 saturated carbocycles. The fraction of sp³-hybridized carbons (Fsp3) is 0.862. The Bertz CT molecular complexity index is 686. The number of aliphatic hydroxyl groups is 1. The Labute approximate surface area is 186 Å². The molecule has 0 aromatic rings. The Morgan fingerprint density at radius 1 is 1.07 bits per heavy atom. The topological polar surface area (TPSA) is 20.2 Å². The van der Waals surface area contributed by atoms with E-state index in [1.807, 2.05) is 0 Å². The lowest BCUT2D eigenvalue weighted by Crippen LogP contribution is -2.45. The average Bonchev–Trinajstić information content (AvgIpc) is 3.06. The first-order valence-corrected chi connectivity index (χ1v) is 13.3. The molecule has 4 aliphatic rings. The van der Waals surface area contributed by atoms with E-state index in [-0.39, 0.29) is 11.5 Å². The van der Waals surface area contributed by atoms with Crippen molar-refractivity contribution in [3.63, 3.8) is 0 Å². The lowest BCUT2D eigenvalue weighted by Gasteiger charge is -2.54. The molecule has 1 N–H and O–H groups in total. The normalized spacial score (nSPS) is 42.7. The SMILES string of the molecule is CC[C@H](CC[C@@H](C)[C@H]1CC[C@H]2[C@@H]3CC=C4C[C@H](O)CC[C@]4(C)C3=CC[C@]12C)C(C)C. The Balaban J connectivity index is 1.51. The molecule has 1 heteroatoms. The van der Waals surface area contributed by atoms with Gasteiger partial charge in [0.2, 0.25) is 0 Å². The van der Waals surface area contributed by atoms with Gasteiger partial charge in [0.05, 0.1) is 6.10 Å². The van der Waals surface area contributed by atoms with Crippen LogP contribution in [0.1, 0.15) is 106 Å². The second-order valence-electron chi connectivity index (χ2n) is 12.4. The Kier molecular flexibility index (Phi) is 6.35. The van der Waals surface area contributed by atoms with Crippen molar-refractivity contribution in [2.24, 2.45) is 46.3 Å². The first-order chi connectivity index (χ1) is 14.2. The summed E-state index contributed by atoms with van der Waals surface area (Å²) in [6, 6.07) is 0. The quantitative estimate of drug-likeness (QED) is 0.439. The molecule has 0 saturated heterocycles. The smallest absolute Gasteiger partial charge is 0.0578 e. The number of aliphatic hydroxyl groups excluding tert-OH is 1. The zero-order valence-corrected chi connectivity index (χ0v) is 20.7. The molecule has 0 unspecified atom stereocenters. The van der Waals surface area contributed by atoms with E-state index in [4.69, 9.17) is 0 Å². The molecule has 0 heterocycles. The molecule has 4 aliphatic carbocycles. The van der Waals surface area contributed by atoms with E-state index in [0.29, 0.717) is 5.41 Å². The maximum Gasteiger partial charge on any atom is 0.0578 e. The summed E-state index contributed by atoms with van der Waals surface area (Å²) in [5.41, 5.74) is 4.07. The van der Waals surface area contributed by atoms with Crippen molar-refractivity contribution in [1.82, 2.24) is 0 Å². The van der Waals surface area contributed by atoms with Crippen molar-refractivity contribution in [2.75, 3.05) is 0 Å². The van der Waals surface area contributed by atoms with Gasteiger partial charge in [-0.05, 0) is 92.3 Å². The molecule has 4 rings (SSSR count). The van der Waals surface area contributed by atoms with Gasteiger partial charge in [-0.3, -0.25) is 0 Å². The van der Waals surface area contributed by atoms with Crippen LogP contribution in [0.25, 0.3) is 0 Å². The van der Waals surface area contributed by atoms with Crippen LogP contribution in [-0.4, -0.2) is 11.2 Å². The van der Waals surface area contributed by atoms with Crippen molar-refractivity contribution in [2.45, 2.75) is 112 Å². The van der Waals surface area contributed by atoms with E-state index in [2.05, 4.69) is 53.7 Å². The maximum atomic E-state index is 10.2. The van der Waals surface area contributed by atoms with E-state index in [9.17, 15) is 5.11 Å². The van der Waals surface area contributed by atoms with E-state index < -0.39 is 0 Å². The second-order valence-corrected chi connectivity index (χ2v) is 12.4. The van der Waals surface area contributed by atoms with Crippen LogP contribution >= 0.6 is 0 Å². The minimum atomic E-state index is -0.107. The number of hydrogen-bond donors (Lipinski definition) is 1. The standard InChI is InChI=1S/C29H48O/c1-7-21(19(2)3)9-8-20(4)25-12-13-26-24-11-10-22-18-23(30)14-16-28(22,5)27(24)15-17-29(25,26)6/h10,15,19-21,23-26,30H,7-9,11-14,16-18H2,1-6H3/t20-,21-,23-,24+,25-,26+,28+,29-/m1/s1. The van der Waals surface area contributed by atoms with Gasteiger partial charge < -0.3 is 5.11 Å². The highest BCUT2D eigenvalue weighted by Gasteiger charge is 2.56. The molecule has 0 aromatic heterocycles. The molecule has 30 heavy (non-hydrogen) atoms. The van der Waals surface area contributed by atoms with Gasteiger partial charge >= 0.3 is 0 Å². The van der Waals surface area contributed by atoms with E-state index in [1.54, 1.807) is 11.1 Å². The van der Waals surface area contributed by atoms with Crippen LogP contribution in [0.3, 0.4) is 0 Å². The fourth-order valence-corrected chi connectivity index (χ4v) is 8.61. The number of hydrogen-bond acceptors (Lipinski definition) is 1. The van der Waals surface area contributed by atoms with Crippen LogP contribution in [0.5, 0.6) is 0 Å². The predicted octanol–water partition coefficient (Wildman–Crippen LogP) is 7.94. The Morgan fingerprint density at radius 3 is 2.53 bits per heavy atom. The van der Waals surface area contributed by atoms with E-state index in [0.717, 1.165) is 54.8 Å². The molecule has 8 atom stereocenters. The fourth-order valence-electron chi connectivity index (χ4n) is 8.61. The summed E-state index contributed by atoms with van der Waals surface area (Å²) in [6.45, 7) is 14.9. The lowest BCUT2D eigenvalue weighted by molar-refractivity contribution is 0.0559. The van der Waals surface area contributed by atoms with Gasteiger partial charge in [0.15, 0.2) is 0 Å². The van der Waals surface area contributed by atoms with Crippen molar-refractivity contribution in [1.29, 1.82) is 0 Å². The molecular formula is C29H48O. The van der Waals surface area contributed by atoms with Gasteiger partial charge in [-0.25, -0.2) is 0 Å². The van der Waals surface area contributed by atoms with Gasteiger partial charge in [-0.15, -0.1) is 0 Å². The Hall–Kier alpha value is -0.560. The minimum Gasteiger partial charge on any atom is -0.393 e. The molecule has 1 nitrogen and oxygen atoms in total. The van der Waals surface area contributed by atoms with Crippen LogP contribution < -0.4 is 0 Å². The van der Waals surface area contributed by atoms with Crippen LogP contribution in [0.15, 0.2) is 23.3 Å². The van der Waals surface area contributed by atoms with Crippen molar-refractivity contribution >= 4 is 0 Å². The zero-order valence-electron chi connectivity index (χ0n) is 20.7. The molecule has 0 amide bonds.